The molecule has 4 rings (SSSR count). The van der Waals surface area contributed by atoms with E-state index in [4.69, 9.17) is 4.74 Å². The van der Waals surface area contributed by atoms with Crippen LogP contribution in [0, 0.1) is 5.82 Å². The first kappa shape index (κ1) is 26.7. The van der Waals surface area contributed by atoms with Crippen LogP contribution < -0.4 is 14.8 Å². The second kappa shape index (κ2) is 10.2. The maximum Gasteiger partial charge on any atom is 0.255 e. The lowest BCUT2D eigenvalue weighted by molar-refractivity contribution is 0.102. The maximum atomic E-state index is 14.8. The Morgan fingerprint density at radius 3 is 2.47 bits per heavy atom. The number of hydrogen-bond donors (Lipinski definition) is 2. The Balaban J connectivity index is 1.70. The van der Waals surface area contributed by atoms with E-state index in [1.54, 1.807) is 36.7 Å². The lowest BCUT2D eigenvalue weighted by Gasteiger charge is -2.24. The highest BCUT2D eigenvalue weighted by Gasteiger charge is 2.23. The van der Waals surface area contributed by atoms with Gasteiger partial charge >= 0.3 is 0 Å². The predicted molar refractivity (Wildman–Crippen MR) is 143 cm³/mol. The van der Waals surface area contributed by atoms with Gasteiger partial charge in [-0.3, -0.25) is 14.5 Å². The van der Waals surface area contributed by atoms with Crippen molar-refractivity contribution in [3.05, 3.63) is 78.0 Å². The number of amides is 1. The normalized spacial score (nSPS) is 11.7. The third-order valence-corrected chi connectivity index (χ3v) is 6.20. The van der Waals surface area contributed by atoms with Gasteiger partial charge < -0.3 is 10.1 Å². The quantitative estimate of drug-likeness (QED) is 0.357. The summed E-state index contributed by atoms with van der Waals surface area (Å²) in [5.41, 5.74) is 2.17. The molecule has 38 heavy (non-hydrogen) atoms. The third-order valence-electron chi connectivity index (χ3n) is 5.61. The minimum Gasteiger partial charge on any atom is -0.492 e. The van der Waals surface area contributed by atoms with Crippen molar-refractivity contribution < 1.29 is 22.3 Å². The molecule has 2 heterocycles. The van der Waals surface area contributed by atoms with E-state index in [0.717, 1.165) is 17.9 Å². The fourth-order valence-corrected chi connectivity index (χ4v) is 4.25. The zero-order chi connectivity index (χ0) is 27.7. The number of hydrogen-bond acceptors (Lipinski definition) is 7. The van der Waals surface area contributed by atoms with Gasteiger partial charge in [-0.1, -0.05) is 26.0 Å². The van der Waals surface area contributed by atoms with Crippen molar-refractivity contribution in [2.24, 2.45) is 0 Å². The number of carbonyl (C=O) groups is 1. The lowest BCUT2D eigenvalue weighted by Crippen LogP contribution is -2.18. The minimum absolute atomic E-state index is 0.0233. The molecule has 0 atom stereocenters. The van der Waals surface area contributed by atoms with E-state index in [2.05, 4.69) is 25.3 Å². The van der Waals surface area contributed by atoms with Crippen LogP contribution in [0.4, 0.5) is 15.8 Å². The maximum absolute atomic E-state index is 14.8. The number of nitrogens with one attached hydrogen (secondary N) is 2. The van der Waals surface area contributed by atoms with Gasteiger partial charge in [0, 0.05) is 23.5 Å². The summed E-state index contributed by atoms with van der Waals surface area (Å²) in [4.78, 5) is 17.3. The molecule has 4 aromatic rings. The number of nitrogens with zero attached hydrogens (tertiary/aromatic N) is 4. The highest BCUT2D eigenvalue weighted by Crippen LogP contribution is 2.39. The molecule has 0 saturated carbocycles. The number of anilines is 2. The van der Waals surface area contributed by atoms with E-state index in [0.29, 0.717) is 11.3 Å². The van der Waals surface area contributed by atoms with Crippen LogP contribution in [0.15, 0.2) is 61.1 Å². The fourth-order valence-electron chi connectivity index (χ4n) is 3.70. The molecule has 2 aromatic carbocycles. The molecule has 0 radical (unpaired) electrons. The molecule has 10 nitrogen and oxygen atoms in total. The highest BCUT2D eigenvalue weighted by atomic mass is 32.2. The van der Waals surface area contributed by atoms with Crippen molar-refractivity contribution in [3.63, 3.8) is 0 Å². The summed E-state index contributed by atoms with van der Waals surface area (Å²) in [5, 5.41) is 10.8. The first-order valence-electron chi connectivity index (χ1n) is 11.5. The Morgan fingerprint density at radius 1 is 1.11 bits per heavy atom. The molecule has 0 spiro atoms. The minimum atomic E-state index is -3.63. The van der Waals surface area contributed by atoms with Gasteiger partial charge in [-0.2, -0.15) is 0 Å². The molecule has 0 saturated heterocycles. The second-order valence-corrected chi connectivity index (χ2v) is 11.4. The van der Waals surface area contributed by atoms with Gasteiger partial charge in [0.05, 0.1) is 30.9 Å². The summed E-state index contributed by atoms with van der Waals surface area (Å²) in [6, 6.07) is 10.8. The van der Waals surface area contributed by atoms with E-state index in [9.17, 15) is 17.6 Å². The molecule has 12 heteroatoms. The monoisotopic (exact) mass is 538 g/mol. The van der Waals surface area contributed by atoms with Gasteiger partial charge in [-0.05, 0) is 53.4 Å². The Bertz CT molecular complexity index is 1600. The molecule has 0 fully saturated rings. The Kier molecular flexibility index (Phi) is 7.18. The zero-order valence-electron chi connectivity index (χ0n) is 21.5. The summed E-state index contributed by atoms with van der Waals surface area (Å²) >= 11 is 0. The average Bonchev–Trinajstić information content (AvgIpc) is 3.33. The molecule has 198 valence electrons. The molecule has 0 aliphatic rings. The second-order valence-electron chi connectivity index (χ2n) is 9.64. The van der Waals surface area contributed by atoms with Crippen LogP contribution in [0.1, 0.15) is 36.7 Å². The Labute approximate surface area is 219 Å². The summed E-state index contributed by atoms with van der Waals surface area (Å²) < 4.78 is 47.8. The van der Waals surface area contributed by atoms with Gasteiger partial charge in [0.1, 0.15) is 17.2 Å². The Morgan fingerprint density at radius 2 is 1.84 bits per heavy atom. The van der Waals surface area contributed by atoms with Crippen LogP contribution >= 0.6 is 0 Å². The summed E-state index contributed by atoms with van der Waals surface area (Å²) in [7, 11) is -2.26. The molecule has 0 bridgehead atoms. The molecule has 1 amide bonds. The summed E-state index contributed by atoms with van der Waals surface area (Å²) in [6.07, 6.45) is 5.80. The largest absolute Gasteiger partial charge is 0.492 e. The van der Waals surface area contributed by atoms with E-state index in [1.807, 2.05) is 20.8 Å². The van der Waals surface area contributed by atoms with Crippen LogP contribution in [-0.2, 0) is 15.4 Å². The first-order valence-corrected chi connectivity index (χ1v) is 13.4. The fraction of sp³-hybridized carbons (Fsp3) is 0.231. The third kappa shape index (κ3) is 5.97. The van der Waals surface area contributed by atoms with E-state index >= 15 is 0 Å². The number of rotatable bonds is 7. The number of aromatic nitrogens is 4. The molecule has 2 N–H and O–H groups in total. The summed E-state index contributed by atoms with van der Waals surface area (Å²) in [6.45, 7) is 5.86. The topological polar surface area (TPSA) is 128 Å². The van der Waals surface area contributed by atoms with Crippen molar-refractivity contribution >= 4 is 27.3 Å². The van der Waals surface area contributed by atoms with Gasteiger partial charge in [-0.25, -0.2) is 17.5 Å². The van der Waals surface area contributed by atoms with Crippen LogP contribution in [-0.4, -0.2) is 47.7 Å². The first-order chi connectivity index (χ1) is 17.9. The van der Waals surface area contributed by atoms with Crippen molar-refractivity contribution in [2.45, 2.75) is 26.2 Å². The zero-order valence-corrected chi connectivity index (χ0v) is 22.3. The van der Waals surface area contributed by atoms with Crippen LogP contribution in [0.2, 0.25) is 0 Å². The van der Waals surface area contributed by atoms with E-state index in [-0.39, 0.29) is 33.8 Å². The Hall–Kier alpha value is -4.32. The number of ether oxygens (including phenoxy) is 1. The summed E-state index contributed by atoms with van der Waals surface area (Å²) in [5.74, 6) is -1.03. The number of sulfonamides is 1. The van der Waals surface area contributed by atoms with Crippen molar-refractivity contribution in [1.82, 2.24) is 20.0 Å². The highest BCUT2D eigenvalue weighted by molar-refractivity contribution is 7.92. The van der Waals surface area contributed by atoms with Crippen LogP contribution in [0.5, 0.6) is 5.75 Å². The van der Waals surface area contributed by atoms with Gasteiger partial charge in [-0.15, -0.1) is 5.10 Å². The van der Waals surface area contributed by atoms with Gasteiger partial charge in [0.15, 0.2) is 5.75 Å². The molecule has 2 aromatic heterocycles. The van der Waals surface area contributed by atoms with Crippen molar-refractivity contribution in [3.8, 4) is 22.7 Å². The molecule has 0 unspecified atom stereocenters. The van der Waals surface area contributed by atoms with Crippen LogP contribution in [0.3, 0.4) is 0 Å². The smallest absolute Gasteiger partial charge is 0.255 e. The number of carbonyl (C=O) groups excluding carboxylic acids is 1. The SMILES string of the molecule is COc1c(NC(=O)c2ccc(F)c(-n3cc(-c4cccnc4)nn3)c2)cc(C(C)(C)C)cc1NS(C)(=O)=O. The van der Waals surface area contributed by atoms with Crippen LogP contribution in [0.25, 0.3) is 16.9 Å². The molecule has 0 aliphatic carbocycles. The molecule has 0 aliphatic heterocycles. The van der Waals surface area contributed by atoms with E-state index < -0.39 is 21.7 Å². The predicted octanol–water partition coefficient (Wildman–Crippen LogP) is 4.40. The number of halogens is 1. The number of pyridine rings is 1. The van der Waals surface area contributed by atoms with Crippen molar-refractivity contribution in [2.75, 3.05) is 23.4 Å². The average molecular weight is 539 g/mol. The number of methoxy groups -OCH3 is 1. The standard InChI is InChI=1S/C26H27FN6O4S/c1-26(2,3)18-12-20(24(37-4)21(13-18)31-38(5,35)36)29-25(34)16-8-9-19(27)23(11-16)33-15-22(30-32-33)17-7-6-10-28-14-17/h6-15,31H,1-5H3,(H,29,34). The van der Waals surface area contributed by atoms with E-state index in [1.165, 1.54) is 30.1 Å². The number of benzene rings is 2. The molecular formula is C26H27FN6O4S. The van der Waals surface area contributed by atoms with Gasteiger partial charge in [0.25, 0.3) is 5.91 Å². The lowest BCUT2D eigenvalue weighted by atomic mass is 9.86. The van der Waals surface area contributed by atoms with Crippen molar-refractivity contribution in [1.29, 1.82) is 0 Å². The molecular weight excluding hydrogens is 511 g/mol. The van der Waals surface area contributed by atoms with Gasteiger partial charge in [0.2, 0.25) is 10.0 Å².